The molecule has 1 rings (SSSR count). The lowest BCUT2D eigenvalue weighted by atomic mass is 10.1. The number of alkyl halides is 1. The summed E-state index contributed by atoms with van der Waals surface area (Å²) in [7, 11) is 0. The molecule has 0 aromatic heterocycles. The first-order valence-electron chi connectivity index (χ1n) is 4.07. The average molecular weight is 206 g/mol. The first-order valence-corrected chi connectivity index (χ1v) is 4.60. The van der Waals surface area contributed by atoms with Gasteiger partial charge in [0.15, 0.2) is 0 Å². The van der Waals surface area contributed by atoms with Gasteiger partial charge in [-0.05, 0) is 11.1 Å². The Labute approximate surface area is 89.9 Å². The van der Waals surface area contributed by atoms with E-state index < -0.39 is 0 Å². The number of allylic oxidation sites excluding steroid dienone is 1. The van der Waals surface area contributed by atoms with Crippen LogP contribution in [0.1, 0.15) is 11.1 Å². The molecule has 0 fully saturated rings. The van der Waals surface area contributed by atoms with Gasteiger partial charge in [0.25, 0.3) is 0 Å². The van der Waals surface area contributed by atoms with Gasteiger partial charge in [-0.1, -0.05) is 43.5 Å². The summed E-state index contributed by atoms with van der Waals surface area (Å²) >= 11 is 5.66. The van der Waals surface area contributed by atoms with E-state index in [0.29, 0.717) is 5.88 Å². The van der Waals surface area contributed by atoms with Crippen molar-refractivity contribution >= 4 is 17.7 Å². The predicted molar refractivity (Wildman–Crippen MR) is 61.9 cm³/mol. The van der Waals surface area contributed by atoms with Crippen molar-refractivity contribution < 1.29 is 0 Å². The van der Waals surface area contributed by atoms with Gasteiger partial charge in [0.05, 0.1) is 6.07 Å². The van der Waals surface area contributed by atoms with Crippen molar-refractivity contribution in [2.75, 3.05) is 0 Å². The maximum absolute atomic E-state index is 7.51. The molecule has 0 aliphatic heterocycles. The van der Waals surface area contributed by atoms with Crippen LogP contribution in [0, 0.1) is 11.3 Å². The fourth-order valence-electron chi connectivity index (χ4n) is 0.855. The predicted octanol–water partition coefficient (Wildman–Crippen LogP) is 3.76. The van der Waals surface area contributed by atoms with Gasteiger partial charge in [-0.3, -0.25) is 0 Å². The van der Waals surface area contributed by atoms with E-state index in [9.17, 15) is 0 Å². The van der Waals surface area contributed by atoms with Crippen LogP contribution in [0.4, 0.5) is 0 Å². The highest BCUT2D eigenvalue weighted by atomic mass is 35.5. The molecular formula is C12H12ClN. The lowest BCUT2D eigenvalue weighted by Crippen LogP contribution is -1.81. The summed E-state index contributed by atoms with van der Waals surface area (Å²) in [5.41, 5.74) is 2.26. The molecule has 0 aliphatic carbocycles. The third-order valence-electron chi connectivity index (χ3n) is 1.51. The van der Waals surface area contributed by atoms with Crippen molar-refractivity contribution in [3.05, 3.63) is 54.6 Å². The first kappa shape index (κ1) is 12.5. The number of rotatable bonds is 2. The zero-order chi connectivity index (χ0) is 10.8. The Kier molecular flexibility index (Phi) is 7.22. The minimum absolute atomic E-state index is 0.558. The minimum atomic E-state index is 0.558. The molecule has 0 amide bonds. The zero-order valence-electron chi connectivity index (χ0n) is 7.91. The van der Waals surface area contributed by atoms with Gasteiger partial charge in [0.2, 0.25) is 0 Å². The first-order chi connectivity index (χ1) is 6.79. The van der Waals surface area contributed by atoms with E-state index >= 15 is 0 Å². The van der Waals surface area contributed by atoms with Crippen molar-refractivity contribution in [3.63, 3.8) is 0 Å². The summed E-state index contributed by atoms with van der Waals surface area (Å²) in [5, 5.41) is 7.51. The molecule has 1 aromatic rings. The SMILES string of the molecule is C=CC#N.C=Cc1ccccc1CCl. The van der Waals surface area contributed by atoms with Gasteiger partial charge in [-0.15, -0.1) is 11.6 Å². The van der Waals surface area contributed by atoms with Crippen molar-refractivity contribution in [1.82, 2.24) is 0 Å². The lowest BCUT2D eigenvalue weighted by molar-refractivity contribution is 1.38. The Morgan fingerprint density at radius 3 is 2.29 bits per heavy atom. The van der Waals surface area contributed by atoms with Crippen molar-refractivity contribution in [2.45, 2.75) is 5.88 Å². The maximum Gasteiger partial charge on any atom is 0.0905 e. The molecule has 0 atom stereocenters. The van der Waals surface area contributed by atoms with E-state index in [1.165, 1.54) is 6.08 Å². The van der Waals surface area contributed by atoms with Crippen molar-refractivity contribution in [3.8, 4) is 6.07 Å². The van der Waals surface area contributed by atoms with E-state index in [0.717, 1.165) is 11.1 Å². The number of halogens is 1. The third-order valence-corrected chi connectivity index (χ3v) is 1.80. The van der Waals surface area contributed by atoms with Crippen LogP contribution in [0.5, 0.6) is 0 Å². The van der Waals surface area contributed by atoms with Crippen LogP contribution in [0.15, 0.2) is 43.5 Å². The molecule has 14 heavy (non-hydrogen) atoms. The van der Waals surface area contributed by atoms with E-state index in [1.54, 1.807) is 6.07 Å². The van der Waals surface area contributed by atoms with Crippen molar-refractivity contribution in [1.29, 1.82) is 5.26 Å². The van der Waals surface area contributed by atoms with Crippen LogP contribution >= 0.6 is 11.6 Å². The van der Waals surface area contributed by atoms with Gasteiger partial charge in [0, 0.05) is 12.0 Å². The molecule has 0 N–H and O–H groups in total. The number of hydrogen-bond donors (Lipinski definition) is 0. The standard InChI is InChI=1S/C9H9Cl.C3H3N/c1-2-8-5-3-4-6-9(8)7-10;1-2-3-4/h2-6H,1,7H2;2H,1H2. The quantitative estimate of drug-likeness (QED) is 0.533. The van der Waals surface area contributed by atoms with Crippen LogP contribution in [-0.2, 0) is 5.88 Å². The second-order valence-corrected chi connectivity index (χ2v) is 2.64. The molecule has 0 aliphatic rings. The summed E-state index contributed by atoms with van der Waals surface area (Å²) in [6.45, 7) is 6.80. The molecule has 0 spiro atoms. The summed E-state index contributed by atoms with van der Waals surface area (Å²) < 4.78 is 0. The molecule has 0 saturated heterocycles. The number of hydrogen-bond acceptors (Lipinski definition) is 1. The highest BCUT2D eigenvalue weighted by Gasteiger charge is 1.93. The monoisotopic (exact) mass is 205 g/mol. The summed E-state index contributed by atoms with van der Waals surface area (Å²) in [6, 6.07) is 9.66. The Morgan fingerprint density at radius 2 is 1.93 bits per heavy atom. The van der Waals surface area contributed by atoms with Crippen LogP contribution in [0.25, 0.3) is 6.08 Å². The van der Waals surface area contributed by atoms with Crippen LogP contribution in [0.2, 0.25) is 0 Å². The van der Waals surface area contributed by atoms with E-state index in [1.807, 2.05) is 30.3 Å². The van der Waals surface area contributed by atoms with Gasteiger partial charge in [-0.2, -0.15) is 5.26 Å². The fraction of sp³-hybridized carbons (Fsp3) is 0.0833. The second-order valence-electron chi connectivity index (χ2n) is 2.37. The summed E-state index contributed by atoms with van der Waals surface area (Å²) in [6.07, 6.45) is 3.00. The molecular weight excluding hydrogens is 194 g/mol. The highest BCUT2D eigenvalue weighted by Crippen LogP contribution is 2.11. The smallest absolute Gasteiger partial charge is 0.0905 e. The van der Waals surface area contributed by atoms with Gasteiger partial charge in [-0.25, -0.2) is 0 Å². The maximum atomic E-state index is 7.51. The molecule has 1 nitrogen and oxygen atoms in total. The molecule has 0 radical (unpaired) electrons. The molecule has 1 aromatic carbocycles. The largest absolute Gasteiger partial charge is 0.193 e. The van der Waals surface area contributed by atoms with E-state index in [4.69, 9.17) is 16.9 Å². The highest BCUT2D eigenvalue weighted by molar-refractivity contribution is 6.17. The fourth-order valence-corrected chi connectivity index (χ4v) is 1.10. The number of nitriles is 1. The normalized spacial score (nSPS) is 7.71. The lowest BCUT2D eigenvalue weighted by Gasteiger charge is -1.98. The minimum Gasteiger partial charge on any atom is -0.193 e. The molecule has 2 heteroatoms. The van der Waals surface area contributed by atoms with Gasteiger partial charge < -0.3 is 0 Å². The Balaban J connectivity index is 0.000000364. The van der Waals surface area contributed by atoms with Crippen molar-refractivity contribution in [2.24, 2.45) is 0 Å². The van der Waals surface area contributed by atoms with Gasteiger partial charge in [0.1, 0.15) is 0 Å². The van der Waals surface area contributed by atoms with Crippen LogP contribution in [-0.4, -0.2) is 0 Å². The Morgan fingerprint density at radius 1 is 1.36 bits per heavy atom. The topological polar surface area (TPSA) is 23.8 Å². The molecule has 0 bridgehead atoms. The van der Waals surface area contributed by atoms with E-state index in [-0.39, 0.29) is 0 Å². The third kappa shape index (κ3) is 4.49. The summed E-state index contributed by atoms with van der Waals surface area (Å²) in [4.78, 5) is 0. The average Bonchev–Trinajstić information content (AvgIpc) is 2.29. The van der Waals surface area contributed by atoms with Crippen LogP contribution in [0.3, 0.4) is 0 Å². The zero-order valence-corrected chi connectivity index (χ0v) is 8.67. The number of benzene rings is 1. The Hall–Kier alpha value is -1.52. The molecule has 0 saturated carbocycles. The van der Waals surface area contributed by atoms with Gasteiger partial charge >= 0.3 is 0 Å². The second kappa shape index (κ2) is 8.10. The molecule has 0 heterocycles. The molecule has 72 valence electrons. The van der Waals surface area contributed by atoms with Crippen LogP contribution < -0.4 is 0 Å². The summed E-state index contributed by atoms with van der Waals surface area (Å²) in [5.74, 6) is 0.558. The van der Waals surface area contributed by atoms with E-state index in [2.05, 4.69) is 13.2 Å². The number of nitrogens with zero attached hydrogens (tertiary/aromatic N) is 1. The molecule has 0 unspecified atom stereocenters. The Bertz CT molecular complexity index is 336.